The summed E-state index contributed by atoms with van der Waals surface area (Å²) in [6.07, 6.45) is 4.91. The Balaban J connectivity index is 1.64. The summed E-state index contributed by atoms with van der Waals surface area (Å²) < 4.78 is 0. The maximum absolute atomic E-state index is 12.6. The fraction of sp³-hybridized carbons (Fsp3) is 0.235. The van der Waals surface area contributed by atoms with E-state index in [9.17, 15) is 14.4 Å². The van der Waals surface area contributed by atoms with Crippen LogP contribution < -0.4 is 10.2 Å². The topological polar surface area (TPSA) is 66.5 Å². The SMILES string of the molecule is CC(=O)Nc1ccc(N2C(=O)C3=C(C2=O)[C@H]2C=C[C@@H]3C2)cc1. The molecule has 1 aromatic carbocycles. The second-order valence-corrected chi connectivity index (χ2v) is 5.83. The van der Waals surface area contributed by atoms with Gasteiger partial charge in [0.15, 0.2) is 0 Å². The van der Waals surface area contributed by atoms with Gasteiger partial charge in [-0.25, -0.2) is 4.90 Å². The van der Waals surface area contributed by atoms with Crippen LogP contribution in [0.2, 0.25) is 0 Å². The average molecular weight is 294 g/mol. The van der Waals surface area contributed by atoms with Gasteiger partial charge in [-0.2, -0.15) is 0 Å². The zero-order chi connectivity index (χ0) is 15.4. The van der Waals surface area contributed by atoms with Crippen LogP contribution in [0.25, 0.3) is 0 Å². The number of rotatable bonds is 2. The van der Waals surface area contributed by atoms with Crippen molar-refractivity contribution in [3.05, 3.63) is 47.6 Å². The monoisotopic (exact) mass is 294 g/mol. The van der Waals surface area contributed by atoms with E-state index in [2.05, 4.69) is 5.32 Å². The van der Waals surface area contributed by atoms with E-state index in [0.717, 1.165) is 6.42 Å². The molecular formula is C17H14N2O3. The highest BCUT2D eigenvalue weighted by atomic mass is 16.2. The molecule has 1 aromatic rings. The minimum Gasteiger partial charge on any atom is -0.326 e. The van der Waals surface area contributed by atoms with E-state index < -0.39 is 0 Å². The third kappa shape index (κ3) is 1.68. The first kappa shape index (κ1) is 13.0. The normalized spacial score (nSPS) is 25.2. The Morgan fingerprint density at radius 3 is 2.09 bits per heavy atom. The number of nitrogens with zero attached hydrogens (tertiary/aromatic N) is 1. The van der Waals surface area contributed by atoms with Gasteiger partial charge < -0.3 is 5.32 Å². The van der Waals surface area contributed by atoms with Crippen LogP contribution in [0.1, 0.15) is 13.3 Å². The molecule has 0 aromatic heterocycles. The molecule has 1 aliphatic heterocycles. The molecule has 5 heteroatoms. The average Bonchev–Trinajstić information content (AvgIpc) is 3.14. The molecule has 1 heterocycles. The van der Waals surface area contributed by atoms with Crippen LogP contribution in [0.3, 0.4) is 0 Å². The van der Waals surface area contributed by atoms with Gasteiger partial charge in [0.1, 0.15) is 0 Å². The van der Waals surface area contributed by atoms with Gasteiger partial charge in [0.25, 0.3) is 11.8 Å². The van der Waals surface area contributed by atoms with Crippen molar-refractivity contribution in [2.75, 3.05) is 10.2 Å². The van der Waals surface area contributed by atoms with E-state index in [0.29, 0.717) is 22.5 Å². The van der Waals surface area contributed by atoms with Gasteiger partial charge in [0.05, 0.1) is 5.69 Å². The standard InChI is InChI=1S/C17H14N2O3/c1-9(20)18-12-4-6-13(7-5-12)19-16(21)14-10-2-3-11(8-10)15(14)17(19)22/h2-7,10-11H,8H2,1H3,(H,18,20)/t10-,11+. The summed E-state index contributed by atoms with van der Waals surface area (Å²) in [5.74, 6) is -0.377. The highest BCUT2D eigenvalue weighted by molar-refractivity contribution is 6.34. The number of nitrogens with one attached hydrogen (secondary N) is 1. The molecule has 3 aliphatic rings. The fourth-order valence-corrected chi connectivity index (χ4v) is 3.54. The number of benzene rings is 1. The van der Waals surface area contributed by atoms with Crippen LogP contribution in [-0.4, -0.2) is 17.7 Å². The summed E-state index contributed by atoms with van der Waals surface area (Å²) >= 11 is 0. The first-order chi connectivity index (χ1) is 10.6. The van der Waals surface area contributed by atoms with Crippen molar-refractivity contribution >= 4 is 29.1 Å². The smallest absolute Gasteiger partial charge is 0.262 e. The summed E-state index contributed by atoms with van der Waals surface area (Å²) in [6.45, 7) is 1.43. The Morgan fingerprint density at radius 1 is 1.05 bits per heavy atom. The van der Waals surface area contributed by atoms with Gasteiger partial charge in [-0.05, 0) is 30.7 Å². The van der Waals surface area contributed by atoms with Crippen LogP contribution in [0.5, 0.6) is 0 Å². The Hall–Kier alpha value is -2.69. The van der Waals surface area contributed by atoms with Crippen molar-refractivity contribution in [2.45, 2.75) is 13.3 Å². The number of hydrogen-bond acceptors (Lipinski definition) is 3. The first-order valence-electron chi connectivity index (χ1n) is 7.25. The molecule has 0 unspecified atom stereocenters. The molecule has 22 heavy (non-hydrogen) atoms. The Kier molecular flexibility index (Phi) is 2.60. The van der Waals surface area contributed by atoms with Gasteiger partial charge in [-0.15, -0.1) is 0 Å². The molecule has 0 radical (unpaired) electrons. The Morgan fingerprint density at radius 2 is 1.59 bits per heavy atom. The van der Waals surface area contributed by atoms with Gasteiger partial charge in [-0.1, -0.05) is 12.2 Å². The first-order valence-corrected chi connectivity index (χ1v) is 7.25. The summed E-state index contributed by atoms with van der Waals surface area (Å²) in [4.78, 5) is 37.5. The van der Waals surface area contributed by atoms with Crippen LogP contribution >= 0.6 is 0 Å². The number of imide groups is 1. The second-order valence-electron chi connectivity index (χ2n) is 5.83. The summed E-state index contributed by atoms with van der Waals surface area (Å²) in [5, 5.41) is 2.66. The molecule has 2 bridgehead atoms. The highest BCUT2D eigenvalue weighted by Crippen LogP contribution is 2.49. The van der Waals surface area contributed by atoms with Gasteiger partial charge >= 0.3 is 0 Å². The van der Waals surface area contributed by atoms with Crippen LogP contribution in [0, 0.1) is 11.8 Å². The van der Waals surface area contributed by atoms with E-state index in [-0.39, 0.29) is 29.6 Å². The minimum absolute atomic E-state index is 0.0973. The van der Waals surface area contributed by atoms with Crippen molar-refractivity contribution in [1.82, 2.24) is 0 Å². The molecule has 4 rings (SSSR count). The van der Waals surface area contributed by atoms with E-state index in [1.165, 1.54) is 11.8 Å². The van der Waals surface area contributed by atoms with Gasteiger partial charge in [0, 0.05) is 35.6 Å². The van der Waals surface area contributed by atoms with Crippen molar-refractivity contribution in [3.63, 3.8) is 0 Å². The Labute approximate surface area is 127 Å². The molecule has 110 valence electrons. The van der Waals surface area contributed by atoms with E-state index in [1.54, 1.807) is 24.3 Å². The van der Waals surface area contributed by atoms with E-state index >= 15 is 0 Å². The van der Waals surface area contributed by atoms with Gasteiger partial charge in [0.2, 0.25) is 5.91 Å². The quantitative estimate of drug-likeness (QED) is 0.670. The molecular weight excluding hydrogens is 280 g/mol. The third-order valence-electron chi connectivity index (χ3n) is 4.43. The number of amides is 3. The lowest BCUT2D eigenvalue weighted by Gasteiger charge is -2.18. The number of carbonyl (C=O) groups excluding carboxylic acids is 3. The molecule has 2 aliphatic carbocycles. The molecule has 0 spiro atoms. The third-order valence-corrected chi connectivity index (χ3v) is 4.43. The molecule has 0 fully saturated rings. The number of fused-ring (bicyclic) bond motifs is 4. The summed E-state index contributed by atoms with van der Waals surface area (Å²) in [5.41, 5.74) is 2.52. The number of hydrogen-bond donors (Lipinski definition) is 1. The van der Waals surface area contributed by atoms with Gasteiger partial charge in [-0.3, -0.25) is 14.4 Å². The summed E-state index contributed by atoms with van der Waals surface area (Å²) in [6, 6.07) is 6.73. The summed E-state index contributed by atoms with van der Waals surface area (Å²) in [7, 11) is 0. The maximum Gasteiger partial charge on any atom is 0.262 e. The molecule has 1 N–H and O–H groups in total. The van der Waals surface area contributed by atoms with Crippen molar-refractivity contribution in [2.24, 2.45) is 11.8 Å². The molecule has 3 amide bonds. The lowest BCUT2D eigenvalue weighted by atomic mass is 9.99. The highest BCUT2D eigenvalue weighted by Gasteiger charge is 2.50. The molecule has 0 saturated heterocycles. The van der Waals surface area contributed by atoms with Crippen LogP contribution in [0.4, 0.5) is 11.4 Å². The molecule has 5 nitrogen and oxygen atoms in total. The molecule has 2 atom stereocenters. The zero-order valence-corrected chi connectivity index (χ0v) is 12.0. The van der Waals surface area contributed by atoms with Crippen molar-refractivity contribution in [3.8, 4) is 0 Å². The maximum atomic E-state index is 12.6. The van der Waals surface area contributed by atoms with Crippen LogP contribution in [-0.2, 0) is 14.4 Å². The minimum atomic E-state index is -0.205. The number of anilines is 2. The number of carbonyl (C=O) groups is 3. The predicted octanol–water partition coefficient (Wildman–Crippen LogP) is 2.02. The predicted molar refractivity (Wildman–Crippen MR) is 81.0 cm³/mol. The fourth-order valence-electron chi connectivity index (χ4n) is 3.54. The van der Waals surface area contributed by atoms with Crippen LogP contribution in [0.15, 0.2) is 47.6 Å². The lowest BCUT2D eigenvalue weighted by Crippen LogP contribution is -2.33. The lowest BCUT2D eigenvalue weighted by molar-refractivity contribution is -0.121. The van der Waals surface area contributed by atoms with E-state index in [1.807, 2.05) is 12.2 Å². The molecule has 0 saturated carbocycles. The van der Waals surface area contributed by atoms with Crippen molar-refractivity contribution in [1.29, 1.82) is 0 Å². The largest absolute Gasteiger partial charge is 0.326 e. The number of allylic oxidation sites excluding steroid dienone is 2. The second kappa shape index (κ2) is 4.40. The Bertz CT molecular complexity index is 740. The van der Waals surface area contributed by atoms with Crippen molar-refractivity contribution < 1.29 is 14.4 Å². The van der Waals surface area contributed by atoms with E-state index in [4.69, 9.17) is 0 Å². The zero-order valence-electron chi connectivity index (χ0n) is 12.0.